The Kier molecular flexibility index (Phi) is 4.10. The topological polar surface area (TPSA) is 42.0 Å². The lowest BCUT2D eigenvalue weighted by Crippen LogP contribution is -2.31. The monoisotopic (exact) mass is 260 g/mol. The summed E-state index contributed by atoms with van der Waals surface area (Å²) < 4.78 is 0. The summed E-state index contributed by atoms with van der Waals surface area (Å²) in [7, 11) is 0. The van der Waals surface area contributed by atoms with Crippen LogP contribution in [0.25, 0.3) is 10.6 Å². The van der Waals surface area contributed by atoms with E-state index in [1.165, 1.54) is 0 Å². The summed E-state index contributed by atoms with van der Waals surface area (Å²) in [6, 6.07) is 10.2. The third-order valence-corrected chi connectivity index (χ3v) is 3.30. The Balaban J connectivity index is 2.05. The predicted molar refractivity (Wildman–Crippen MR) is 74.5 cm³/mol. The molecule has 0 fully saturated rings. The number of aromatic nitrogens is 1. The highest BCUT2D eigenvalue weighted by Gasteiger charge is 2.09. The van der Waals surface area contributed by atoms with Crippen molar-refractivity contribution in [1.82, 2.24) is 10.3 Å². The van der Waals surface area contributed by atoms with Gasteiger partial charge in [0.15, 0.2) is 0 Å². The second-order valence-electron chi connectivity index (χ2n) is 4.41. The van der Waals surface area contributed by atoms with Gasteiger partial charge in [0, 0.05) is 17.0 Å². The van der Waals surface area contributed by atoms with Crippen molar-refractivity contribution in [2.24, 2.45) is 0 Å². The fraction of sp³-hybridized carbons (Fsp3) is 0.286. The van der Waals surface area contributed by atoms with Crippen molar-refractivity contribution in [3.8, 4) is 10.6 Å². The van der Waals surface area contributed by atoms with Crippen molar-refractivity contribution in [2.75, 3.05) is 0 Å². The lowest BCUT2D eigenvalue weighted by atomic mass is 10.2. The smallest absolute Gasteiger partial charge is 0.226 e. The molecule has 0 bridgehead atoms. The van der Waals surface area contributed by atoms with Crippen molar-refractivity contribution in [3.05, 3.63) is 41.4 Å². The average Bonchev–Trinajstić information content (AvgIpc) is 2.77. The van der Waals surface area contributed by atoms with E-state index in [0.717, 1.165) is 16.3 Å². The number of hydrogen-bond donors (Lipinski definition) is 1. The molecule has 0 saturated carbocycles. The predicted octanol–water partition coefficient (Wildman–Crippen LogP) is 2.88. The van der Waals surface area contributed by atoms with Crippen LogP contribution in [0.4, 0.5) is 0 Å². The van der Waals surface area contributed by atoms with Gasteiger partial charge in [-0.25, -0.2) is 4.98 Å². The third-order valence-electron chi connectivity index (χ3n) is 2.36. The van der Waals surface area contributed by atoms with E-state index in [0.29, 0.717) is 6.42 Å². The van der Waals surface area contributed by atoms with Crippen LogP contribution >= 0.6 is 11.3 Å². The molecule has 1 aromatic carbocycles. The number of carbonyl (C=O) groups is 1. The molecule has 1 heterocycles. The zero-order chi connectivity index (χ0) is 13.0. The SMILES string of the molecule is CC(C)NC(=O)Cc1csc(-c2ccccc2)n1. The van der Waals surface area contributed by atoms with Gasteiger partial charge in [-0.2, -0.15) is 0 Å². The fourth-order valence-electron chi connectivity index (χ4n) is 1.64. The number of thiazole rings is 1. The second-order valence-corrected chi connectivity index (χ2v) is 5.27. The molecule has 18 heavy (non-hydrogen) atoms. The maximum absolute atomic E-state index is 11.6. The molecule has 2 rings (SSSR count). The van der Waals surface area contributed by atoms with Crippen LogP contribution in [0.15, 0.2) is 35.7 Å². The molecule has 0 saturated heterocycles. The first kappa shape index (κ1) is 12.8. The normalized spacial score (nSPS) is 10.6. The van der Waals surface area contributed by atoms with E-state index in [9.17, 15) is 4.79 Å². The van der Waals surface area contributed by atoms with Gasteiger partial charge in [-0.1, -0.05) is 30.3 Å². The second kappa shape index (κ2) is 5.78. The molecule has 0 spiro atoms. The highest BCUT2D eigenvalue weighted by atomic mass is 32.1. The zero-order valence-corrected chi connectivity index (χ0v) is 11.3. The van der Waals surface area contributed by atoms with Gasteiger partial charge in [0.05, 0.1) is 12.1 Å². The standard InChI is InChI=1S/C14H16N2OS/c1-10(2)15-13(17)8-12-9-18-14(16-12)11-6-4-3-5-7-11/h3-7,9-10H,8H2,1-2H3,(H,15,17). The Bertz CT molecular complexity index is 520. The zero-order valence-electron chi connectivity index (χ0n) is 10.5. The molecule has 0 aliphatic rings. The van der Waals surface area contributed by atoms with Crippen molar-refractivity contribution < 1.29 is 4.79 Å². The van der Waals surface area contributed by atoms with Crippen LogP contribution in [0, 0.1) is 0 Å². The fourth-order valence-corrected chi connectivity index (χ4v) is 2.46. The highest BCUT2D eigenvalue weighted by Crippen LogP contribution is 2.23. The van der Waals surface area contributed by atoms with Gasteiger partial charge in [-0.3, -0.25) is 4.79 Å². The molecule has 1 amide bonds. The minimum Gasteiger partial charge on any atom is -0.354 e. The molecule has 0 aliphatic heterocycles. The first-order valence-corrected chi connectivity index (χ1v) is 6.82. The lowest BCUT2D eigenvalue weighted by molar-refractivity contribution is -0.120. The van der Waals surface area contributed by atoms with Crippen LogP contribution in [0.2, 0.25) is 0 Å². The van der Waals surface area contributed by atoms with Crippen LogP contribution in [-0.4, -0.2) is 16.9 Å². The molecule has 94 valence electrons. The Hall–Kier alpha value is -1.68. The largest absolute Gasteiger partial charge is 0.354 e. The molecular formula is C14H16N2OS. The molecule has 1 aromatic heterocycles. The van der Waals surface area contributed by atoms with Crippen LogP contribution in [-0.2, 0) is 11.2 Å². The molecule has 0 atom stereocenters. The molecular weight excluding hydrogens is 244 g/mol. The molecule has 4 heteroatoms. The van der Waals surface area contributed by atoms with Gasteiger partial charge >= 0.3 is 0 Å². The van der Waals surface area contributed by atoms with E-state index in [1.54, 1.807) is 11.3 Å². The van der Waals surface area contributed by atoms with E-state index < -0.39 is 0 Å². The summed E-state index contributed by atoms with van der Waals surface area (Å²) in [5.41, 5.74) is 1.93. The molecule has 0 unspecified atom stereocenters. The Morgan fingerprint density at radius 3 is 2.72 bits per heavy atom. The average molecular weight is 260 g/mol. The van der Waals surface area contributed by atoms with Gasteiger partial charge in [-0.05, 0) is 13.8 Å². The van der Waals surface area contributed by atoms with Crippen molar-refractivity contribution in [1.29, 1.82) is 0 Å². The van der Waals surface area contributed by atoms with Crippen LogP contribution < -0.4 is 5.32 Å². The van der Waals surface area contributed by atoms with Crippen LogP contribution in [0.1, 0.15) is 19.5 Å². The van der Waals surface area contributed by atoms with E-state index in [1.807, 2.05) is 49.6 Å². The summed E-state index contributed by atoms with van der Waals surface area (Å²) in [5.74, 6) is 0.0231. The number of carbonyl (C=O) groups excluding carboxylic acids is 1. The minimum absolute atomic E-state index is 0.0231. The van der Waals surface area contributed by atoms with Gasteiger partial charge < -0.3 is 5.32 Å². The summed E-state index contributed by atoms with van der Waals surface area (Å²) >= 11 is 1.57. The van der Waals surface area contributed by atoms with Crippen LogP contribution in [0.5, 0.6) is 0 Å². The van der Waals surface area contributed by atoms with E-state index >= 15 is 0 Å². The highest BCUT2D eigenvalue weighted by molar-refractivity contribution is 7.13. The van der Waals surface area contributed by atoms with Crippen molar-refractivity contribution in [3.63, 3.8) is 0 Å². The maximum atomic E-state index is 11.6. The first-order chi connectivity index (χ1) is 8.65. The van der Waals surface area contributed by atoms with Gasteiger partial charge in [-0.15, -0.1) is 11.3 Å². The van der Waals surface area contributed by atoms with Crippen molar-refractivity contribution in [2.45, 2.75) is 26.3 Å². The third kappa shape index (κ3) is 3.40. The van der Waals surface area contributed by atoms with Gasteiger partial charge in [0.2, 0.25) is 5.91 Å². The number of hydrogen-bond acceptors (Lipinski definition) is 3. The van der Waals surface area contributed by atoms with Crippen molar-refractivity contribution >= 4 is 17.2 Å². The summed E-state index contributed by atoms with van der Waals surface area (Å²) in [4.78, 5) is 16.1. The summed E-state index contributed by atoms with van der Waals surface area (Å²) in [6.07, 6.45) is 0.349. The molecule has 0 aliphatic carbocycles. The molecule has 0 radical (unpaired) electrons. The maximum Gasteiger partial charge on any atom is 0.226 e. The number of benzene rings is 1. The number of rotatable bonds is 4. The Morgan fingerprint density at radius 2 is 2.06 bits per heavy atom. The van der Waals surface area contributed by atoms with Gasteiger partial charge in [0.1, 0.15) is 5.01 Å². The first-order valence-electron chi connectivity index (χ1n) is 5.94. The molecule has 3 nitrogen and oxygen atoms in total. The Labute approximate surface area is 111 Å². The number of nitrogens with zero attached hydrogens (tertiary/aromatic N) is 1. The van der Waals surface area contributed by atoms with E-state index in [-0.39, 0.29) is 11.9 Å². The molecule has 2 aromatic rings. The summed E-state index contributed by atoms with van der Waals surface area (Å²) in [5, 5.41) is 5.77. The summed E-state index contributed by atoms with van der Waals surface area (Å²) in [6.45, 7) is 3.91. The minimum atomic E-state index is 0.0231. The van der Waals surface area contributed by atoms with Crippen LogP contribution in [0.3, 0.4) is 0 Å². The Morgan fingerprint density at radius 1 is 1.33 bits per heavy atom. The number of amides is 1. The molecule has 1 N–H and O–H groups in total. The number of nitrogens with one attached hydrogen (secondary N) is 1. The van der Waals surface area contributed by atoms with E-state index in [4.69, 9.17) is 0 Å². The quantitative estimate of drug-likeness (QED) is 0.918. The lowest BCUT2D eigenvalue weighted by Gasteiger charge is -2.06. The van der Waals surface area contributed by atoms with E-state index in [2.05, 4.69) is 10.3 Å². The van der Waals surface area contributed by atoms with Gasteiger partial charge in [0.25, 0.3) is 0 Å².